The molecule has 0 amide bonds. The lowest BCUT2D eigenvalue weighted by molar-refractivity contribution is 0.591. The zero-order valence-electron chi connectivity index (χ0n) is 27.4. The average Bonchev–Trinajstić information content (AvgIpc) is 3.67. The van der Waals surface area contributed by atoms with Gasteiger partial charge in [0.15, 0.2) is 0 Å². The Balaban J connectivity index is 1.58. The van der Waals surface area contributed by atoms with Crippen LogP contribution in [0.5, 0.6) is 0 Å². The van der Waals surface area contributed by atoms with Crippen molar-refractivity contribution < 1.29 is 0 Å². The summed E-state index contributed by atoms with van der Waals surface area (Å²) in [6.45, 7) is 20.8. The number of fused-ring (bicyclic) bond motifs is 13. The summed E-state index contributed by atoms with van der Waals surface area (Å²) in [6, 6.07) is 31.0. The molecule has 0 fully saturated rings. The lowest BCUT2D eigenvalue weighted by atomic mass is 9.85. The predicted molar refractivity (Wildman–Crippen MR) is 192 cm³/mol. The van der Waals surface area contributed by atoms with E-state index in [-0.39, 0.29) is 16.2 Å². The minimum atomic E-state index is 0.0623. The van der Waals surface area contributed by atoms with Crippen LogP contribution in [0.3, 0.4) is 0 Å². The molecule has 0 aliphatic rings. The van der Waals surface area contributed by atoms with Crippen molar-refractivity contribution in [2.24, 2.45) is 0 Å². The second-order valence-corrected chi connectivity index (χ2v) is 16.4. The molecule has 2 nitrogen and oxygen atoms in total. The summed E-state index contributed by atoms with van der Waals surface area (Å²) < 4.78 is 5.15. The molecule has 0 saturated carbocycles. The van der Waals surface area contributed by atoms with E-state index in [0.29, 0.717) is 0 Å². The van der Waals surface area contributed by atoms with Gasteiger partial charge in [-0.25, -0.2) is 0 Å². The highest BCUT2D eigenvalue weighted by Gasteiger charge is 2.28. The quantitative estimate of drug-likeness (QED) is 0.171. The maximum Gasteiger partial charge on any atom is 0.0642 e. The Hall–Kier alpha value is -4.30. The summed E-state index contributed by atoms with van der Waals surface area (Å²) in [5.74, 6) is 0. The molecule has 5 aromatic carbocycles. The van der Waals surface area contributed by atoms with Crippen LogP contribution < -0.4 is 0 Å². The van der Waals surface area contributed by atoms with E-state index in [0.717, 1.165) is 0 Å². The van der Waals surface area contributed by atoms with Crippen molar-refractivity contribution in [3.05, 3.63) is 95.6 Å². The highest BCUT2D eigenvalue weighted by Crippen LogP contribution is 2.49. The van der Waals surface area contributed by atoms with Gasteiger partial charge in [0.25, 0.3) is 0 Å². The molecular formula is C42H40N2. The van der Waals surface area contributed by atoms with E-state index in [1.54, 1.807) is 0 Å². The van der Waals surface area contributed by atoms with Gasteiger partial charge in [-0.2, -0.15) is 0 Å². The molecule has 0 spiro atoms. The van der Waals surface area contributed by atoms with Gasteiger partial charge in [-0.1, -0.05) is 98.7 Å². The Morgan fingerprint density at radius 1 is 0.364 bits per heavy atom. The first-order valence-corrected chi connectivity index (χ1v) is 16.1. The van der Waals surface area contributed by atoms with Crippen LogP contribution in [0.2, 0.25) is 0 Å². The third-order valence-corrected chi connectivity index (χ3v) is 10.4. The van der Waals surface area contributed by atoms with Gasteiger partial charge >= 0.3 is 0 Å². The normalized spacial score (nSPS) is 14.0. The van der Waals surface area contributed by atoms with Crippen LogP contribution in [-0.4, -0.2) is 8.80 Å². The smallest absolute Gasteiger partial charge is 0.0642 e. The second kappa shape index (κ2) is 7.85. The van der Waals surface area contributed by atoms with Crippen molar-refractivity contribution in [2.45, 2.75) is 78.6 Å². The third kappa shape index (κ3) is 3.16. The van der Waals surface area contributed by atoms with Crippen LogP contribution in [-0.2, 0) is 16.2 Å². The zero-order chi connectivity index (χ0) is 30.7. The van der Waals surface area contributed by atoms with E-state index in [2.05, 4.69) is 150 Å². The Morgan fingerprint density at radius 2 is 0.773 bits per heavy atom. The first-order chi connectivity index (χ1) is 20.7. The zero-order valence-corrected chi connectivity index (χ0v) is 27.4. The summed E-state index contributed by atoms with van der Waals surface area (Å²) in [4.78, 5) is 0. The number of hydrogen-bond donors (Lipinski definition) is 0. The Morgan fingerprint density at radius 3 is 1.32 bits per heavy atom. The molecule has 0 radical (unpaired) electrons. The largest absolute Gasteiger partial charge is 0.308 e. The first-order valence-electron chi connectivity index (χ1n) is 16.1. The van der Waals surface area contributed by atoms with Crippen molar-refractivity contribution in [3.8, 4) is 0 Å². The first kappa shape index (κ1) is 26.1. The van der Waals surface area contributed by atoms with Gasteiger partial charge in [0.1, 0.15) is 0 Å². The van der Waals surface area contributed by atoms with Gasteiger partial charge in [0, 0.05) is 43.1 Å². The van der Waals surface area contributed by atoms with E-state index in [4.69, 9.17) is 0 Å². The summed E-state index contributed by atoms with van der Waals surface area (Å²) in [5.41, 5.74) is 12.3. The van der Waals surface area contributed by atoms with Crippen molar-refractivity contribution in [3.63, 3.8) is 0 Å². The number of nitrogens with zero attached hydrogens (tertiary/aromatic N) is 2. The molecule has 2 heteroatoms. The van der Waals surface area contributed by atoms with E-state index >= 15 is 0 Å². The van der Waals surface area contributed by atoms with Gasteiger partial charge < -0.3 is 8.80 Å². The topological polar surface area (TPSA) is 8.82 Å². The number of para-hydroxylation sites is 1. The molecule has 0 bridgehead atoms. The Kier molecular flexibility index (Phi) is 4.66. The number of benzene rings is 5. The standard InChI is InChI=1S/C42H40N2/c1-40(2,3)23-14-17-34-28(19-23)26-11-10-12-27-30-22-31-29-20-24(41(4,5)6)13-16-33(29)43-35-18-15-25(42(7,8)9)21-32(35)36(38(31)43)39(30)44(34)37(26)27/h10-22H,1-9H3. The van der Waals surface area contributed by atoms with Gasteiger partial charge in [-0.15, -0.1) is 0 Å². The van der Waals surface area contributed by atoms with Gasteiger partial charge in [0.05, 0.1) is 33.1 Å². The lowest BCUT2D eigenvalue weighted by Gasteiger charge is -2.19. The molecule has 44 heavy (non-hydrogen) atoms. The van der Waals surface area contributed by atoms with E-state index in [1.807, 2.05) is 0 Å². The molecule has 218 valence electrons. The predicted octanol–water partition coefficient (Wildman–Crippen LogP) is 11.9. The highest BCUT2D eigenvalue weighted by atomic mass is 14.9. The molecule has 4 heterocycles. The van der Waals surface area contributed by atoms with Crippen LogP contribution in [0, 0.1) is 0 Å². The molecule has 9 rings (SSSR count). The van der Waals surface area contributed by atoms with E-state index in [1.165, 1.54) is 92.9 Å². The fraction of sp³-hybridized carbons (Fsp3) is 0.286. The van der Waals surface area contributed by atoms with Crippen LogP contribution in [0.15, 0.2) is 78.9 Å². The summed E-state index contributed by atoms with van der Waals surface area (Å²) in [6.07, 6.45) is 0. The fourth-order valence-corrected chi connectivity index (χ4v) is 7.96. The molecule has 0 saturated heterocycles. The summed E-state index contributed by atoms with van der Waals surface area (Å²) in [7, 11) is 0. The number of rotatable bonds is 0. The van der Waals surface area contributed by atoms with Crippen molar-refractivity contribution in [1.82, 2.24) is 8.80 Å². The van der Waals surface area contributed by atoms with Gasteiger partial charge in [-0.05, 0) is 75.4 Å². The van der Waals surface area contributed by atoms with Crippen LogP contribution >= 0.6 is 0 Å². The SMILES string of the molecule is CC(C)(C)c1ccc2c(c1)c1cc3c4cccc5c6cc(C(C)(C)C)ccc6n(c54)c3c3c4cc(C(C)(C)C)ccc4n2c13. The molecule has 0 unspecified atom stereocenters. The lowest BCUT2D eigenvalue weighted by Crippen LogP contribution is -2.10. The van der Waals surface area contributed by atoms with E-state index in [9.17, 15) is 0 Å². The van der Waals surface area contributed by atoms with Crippen LogP contribution in [0.25, 0.3) is 76.2 Å². The fourth-order valence-electron chi connectivity index (χ4n) is 7.96. The number of hydrogen-bond acceptors (Lipinski definition) is 0. The van der Waals surface area contributed by atoms with Gasteiger partial charge in [-0.3, -0.25) is 0 Å². The van der Waals surface area contributed by atoms with Gasteiger partial charge in [0.2, 0.25) is 0 Å². The van der Waals surface area contributed by atoms with Crippen molar-refractivity contribution in [2.75, 3.05) is 0 Å². The highest BCUT2D eigenvalue weighted by molar-refractivity contribution is 6.36. The molecule has 9 aromatic rings. The molecule has 4 aromatic heterocycles. The van der Waals surface area contributed by atoms with Crippen LogP contribution in [0.1, 0.15) is 79.0 Å². The Bertz CT molecular complexity index is 2640. The monoisotopic (exact) mass is 572 g/mol. The maximum absolute atomic E-state index is 2.60. The maximum atomic E-state index is 2.60. The average molecular weight is 573 g/mol. The van der Waals surface area contributed by atoms with Crippen molar-refractivity contribution >= 4 is 76.2 Å². The molecular weight excluding hydrogens is 532 g/mol. The van der Waals surface area contributed by atoms with Crippen molar-refractivity contribution in [1.29, 1.82) is 0 Å². The Labute approximate surface area is 258 Å². The minimum absolute atomic E-state index is 0.0623. The summed E-state index contributed by atoms with van der Waals surface area (Å²) in [5, 5.41) is 10.8. The molecule has 0 aliphatic carbocycles. The molecule has 0 aliphatic heterocycles. The number of aromatic nitrogens is 2. The molecule has 0 N–H and O–H groups in total. The summed E-state index contributed by atoms with van der Waals surface area (Å²) >= 11 is 0. The minimum Gasteiger partial charge on any atom is -0.308 e. The van der Waals surface area contributed by atoms with E-state index < -0.39 is 0 Å². The molecule has 0 atom stereocenters. The third-order valence-electron chi connectivity index (χ3n) is 10.4. The second-order valence-electron chi connectivity index (χ2n) is 16.4. The van der Waals surface area contributed by atoms with Crippen LogP contribution in [0.4, 0.5) is 0 Å².